The molecule has 1 aliphatic rings. The fraction of sp³-hybridized carbons (Fsp3) is 0.471. The Morgan fingerprint density at radius 3 is 2.88 bits per heavy atom. The molecule has 0 bridgehead atoms. The second kappa shape index (κ2) is 6.79. The lowest BCUT2D eigenvalue weighted by Gasteiger charge is -2.38. The Balaban J connectivity index is 1.84. The van der Waals surface area contributed by atoms with Gasteiger partial charge in [-0.15, -0.1) is 5.10 Å². The highest BCUT2D eigenvalue weighted by Gasteiger charge is 2.42. The lowest BCUT2D eigenvalue weighted by molar-refractivity contribution is -0.156. The standard InChI is InChI=1S/C17H22FN5O2/c1-17(25-2,12-7-3-4-8-13(12)18)15(24)23-9-5-6-11(10-23)14-20-16(19)22-21-14/h3-4,7-8,11H,5-6,9-10H2,1-2H3,(H3,19,20,21,22). The highest BCUT2D eigenvalue weighted by molar-refractivity contribution is 5.86. The Morgan fingerprint density at radius 1 is 1.48 bits per heavy atom. The van der Waals surface area contributed by atoms with Crippen molar-refractivity contribution in [2.24, 2.45) is 0 Å². The molecule has 2 heterocycles. The van der Waals surface area contributed by atoms with Crippen LogP contribution in [0.15, 0.2) is 24.3 Å². The Labute approximate surface area is 145 Å². The van der Waals surface area contributed by atoms with Gasteiger partial charge in [0.1, 0.15) is 11.6 Å². The van der Waals surface area contributed by atoms with Crippen LogP contribution in [0.4, 0.5) is 10.3 Å². The molecule has 134 valence electrons. The molecule has 8 heteroatoms. The van der Waals surface area contributed by atoms with Gasteiger partial charge in [-0.1, -0.05) is 18.2 Å². The van der Waals surface area contributed by atoms with Crippen LogP contribution in [0.25, 0.3) is 0 Å². The number of aromatic nitrogens is 3. The maximum Gasteiger partial charge on any atom is 0.259 e. The molecule has 1 aromatic heterocycles. The molecule has 2 atom stereocenters. The summed E-state index contributed by atoms with van der Waals surface area (Å²) >= 11 is 0. The van der Waals surface area contributed by atoms with E-state index in [-0.39, 0.29) is 23.3 Å². The first-order valence-electron chi connectivity index (χ1n) is 8.23. The molecule has 0 radical (unpaired) electrons. The number of H-pyrrole nitrogens is 1. The highest BCUT2D eigenvalue weighted by atomic mass is 19.1. The lowest BCUT2D eigenvalue weighted by atomic mass is 9.90. The minimum absolute atomic E-state index is 0.0178. The smallest absolute Gasteiger partial charge is 0.259 e. The topological polar surface area (TPSA) is 97.1 Å². The first kappa shape index (κ1) is 17.3. The maximum atomic E-state index is 14.3. The van der Waals surface area contributed by atoms with Gasteiger partial charge in [0.25, 0.3) is 5.91 Å². The summed E-state index contributed by atoms with van der Waals surface area (Å²) in [6.45, 7) is 2.65. The summed E-state index contributed by atoms with van der Waals surface area (Å²) in [6.07, 6.45) is 1.69. The summed E-state index contributed by atoms with van der Waals surface area (Å²) in [6, 6.07) is 6.19. The summed E-state index contributed by atoms with van der Waals surface area (Å²) < 4.78 is 19.7. The number of halogens is 1. The van der Waals surface area contributed by atoms with Crippen molar-refractivity contribution in [1.29, 1.82) is 0 Å². The number of benzene rings is 1. The van der Waals surface area contributed by atoms with Crippen molar-refractivity contribution in [2.75, 3.05) is 25.9 Å². The van der Waals surface area contributed by atoms with Crippen molar-refractivity contribution in [3.63, 3.8) is 0 Å². The van der Waals surface area contributed by atoms with Gasteiger partial charge in [-0.25, -0.2) is 4.39 Å². The fourth-order valence-corrected chi connectivity index (χ4v) is 3.32. The van der Waals surface area contributed by atoms with Crippen LogP contribution in [0.5, 0.6) is 0 Å². The van der Waals surface area contributed by atoms with Crippen LogP contribution in [0, 0.1) is 5.82 Å². The van der Waals surface area contributed by atoms with Gasteiger partial charge in [0.05, 0.1) is 0 Å². The number of carbonyl (C=O) groups is 1. The third kappa shape index (κ3) is 3.21. The van der Waals surface area contributed by atoms with E-state index in [2.05, 4.69) is 15.2 Å². The summed E-state index contributed by atoms with van der Waals surface area (Å²) in [4.78, 5) is 19.0. The van der Waals surface area contributed by atoms with E-state index in [0.29, 0.717) is 18.9 Å². The van der Waals surface area contributed by atoms with E-state index >= 15 is 0 Å². The van der Waals surface area contributed by atoms with E-state index in [0.717, 1.165) is 12.8 Å². The average molecular weight is 347 g/mol. The zero-order valence-electron chi connectivity index (χ0n) is 14.3. The SMILES string of the molecule is COC(C)(C(=O)N1CCCC(c2nc(N)n[nH]2)C1)c1ccccc1F. The first-order chi connectivity index (χ1) is 12.0. The zero-order chi connectivity index (χ0) is 18.0. The zero-order valence-corrected chi connectivity index (χ0v) is 14.3. The monoisotopic (exact) mass is 347 g/mol. The molecular weight excluding hydrogens is 325 g/mol. The number of aromatic amines is 1. The number of carbonyl (C=O) groups excluding carboxylic acids is 1. The lowest BCUT2D eigenvalue weighted by Crippen LogP contribution is -2.50. The minimum Gasteiger partial charge on any atom is -0.367 e. The summed E-state index contributed by atoms with van der Waals surface area (Å²) in [5.74, 6) is 0.143. The molecule has 1 fully saturated rings. The van der Waals surface area contributed by atoms with Crippen molar-refractivity contribution in [3.05, 3.63) is 41.5 Å². The molecule has 7 nitrogen and oxygen atoms in total. The second-order valence-corrected chi connectivity index (χ2v) is 6.39. The van der Waals surface area contributed by atoms with E-state index < -0.39 is 11.4 Å². The number of nitrogens with two attached hydrogens (primary N) is 1. The number of likely N-dealkylation sites (tertiary alicyclic amines) is 1. The van der Waals surface area contributed by atoms with Gasteiger partial charge in [-0.3, -0.25) is 9.89 Å². The van der Waals surface area contributed by atoms with Crippen molar-refractivity contribution in [1.82, 2.24) is 20.1 Å². The Hall–Kier alpha value is -2.48. The Morgan fingerprint density at radius 2 is 2.24 bits per heavy atom. The second-order valence-electron chi connectivity index (χ2n) is 6.39. The van der Waals surface area contributed by atoms with Gasteiger partial charge in [-0.2, -0.15) is 4.98 Å². The summed E-state index contributed by atoms with van der Waals surface area (Å²) in [5.41, 5.74) is 4.42. The van der Waals surface area contributed by atoms with Gasteiger partial charge < -0.3 is 15.4 Å². The van der Waals surface area contributed by atoms with Gasteiger partial charge in [0, 0.05) is 31.7 Å². The van der Waals surface area contributed by atoms with Crippen LogP contribution in [0.2, 0.25) is 0 Å². The molecule has 2 aromatic rings. The maximum absolute atomic E-state index is 14.3. The minimum atomic E-state index is -1.38. The predicted molar refractivity (Wildman–Crippen MR) is 90.1 cm³/mol. The van der Waals surface area contributed by atoms with Crippen LogP contribution in [-0.4, -0.2) is 46.2 Å². The molecule has 1 aliphatic heterocycles. The van der Waals surface area contributed by atoms with E-state index in [1.54, 1.807) is 30.0 Å². The molecule has 1 aromatic carbocycles. The number of piperidine rings is 1. The Kier molecular flexibility index (Phi) is 4.71. The predicted octanol–water partition coefficient (Wildman–Crippen LogP) is 1.79. The number of amides is 1. The largest absolute Gasteiger partial charge is 0.367 e. The van der Waals surface area contributed by atoms with E-state index in [1.165, 1.54) is 13.2 Å². The quantitative estimate of drug-likeness (QED) is 0.879. The number of nitrogen functional groups attached to an aromatic ring is 1. The van der Waals surface area contributed by atoms with Crippen molar-refractivity contribution in [2.45, 2.75) is 31.3 Å². The van der Waals surface area contributed by atoms with Gasteiger partial charge in [0.15, 0.2) is 5.60 Å². The van der Waals surface area contributed by atoms with Crippen LogP contribution in [-0.2, 0) is 15.1 Å². The molecule has 2 unspecified atom stereocenters. The van der Waals surface area contributed by atoms with E-state index in [9.17, 15) is 9.18 Å². The highest BCUT2D eigenvalue weighted by Crippen LogP contribution is 2.32. The number of hydrogen-bond donors (Lipinski definition) is 2. The number of rotatable bonds is 4. The van der Waals surface area contributed by atoms with E-state index in [1.807, 2.05) is 0 Å². The van der Waals surface area contributed by atoms with Crippen molar-refractivity contribution < 1.29 is 13.9 Å². The molecule has 1 amide bonds. The van der Waals surface area contributed by atoms with Crippen LogP contribution >= 0.6 is 0 Å². The molecule has 1 saturated heterocycles. The van der Waals surface area contributed by atoms with Crippen LogP contribution in [0.3, 0.4) is 0 Å². The number of methoxy groups -OCH3 is 1. The molecule has 0 saturated carbocycles. The Bertz CT molecular complexity index is 765. The molecule has 3 rings (SSSR count). The van der Waals surface area contributed by atoms with Crippen LogP contribution in [0.1, 0.15) is 37.1 Å². The van der Waals surface area contributed by atoms with E-state index in [4.69, 9.17) is 10.5 Å². The molecule has 0 aliphatic carbocycles. The number of hydrogen-bond acceptors (Lipinski definition) is 5. The number of anilines is 1. The summed E-state index contributed by atoms with van der Waals surface area (Å²) in [7, 11) is 1.42. The van der Waals surface area contributed by atoms with Crippen LogP contribution < -0.4 is 5.73 Å². The number of ether oxygens (including phenoxy) is 1. The molecule has 3 N–H and O–H groups in total. The van der Waals surface area contributed by atoms with Gasteiger partial charge >= 0.3 is 0 Å². The fourth-order valence-electron chi connectivity index (χ4n) is 3.32. The summed E-state index contributed by atoms with van der Waals surface area (Å²) in [5, 5.41) is 6.66. The normalized spacial score (nSPS) is 20.3. The van der Waals surface area contributed by atoms with Gasteiger partial charge in [-0.05, 0) is 25.8 Å². The molecule has 25 heavy (non-hydrogen) atoms. The first-order valence-corrected chi connectivity index (χ1v) is 8.23. The third-order valence-corrected chi connectivity index (χ3v) is 4.82. The number of nitrogens with one attached hydrogen (secondary N) is 1. The average Bonchev–Trinajstić information content (AvgIpc) is 3.07. The van der Waals surface area contributed by atoms with Gasteiger partial charge in [0.2, 0.25) is 5.95 Å². The third-order valence-electron chi connectivity index (χ3n) is 4.82. The molecule has 0 spiro atoms. The van der Waals surface area contributed by atoms with Crippen molar-refractivity contribution >= 4 is 11.9 Å². The van der Waals surface area contributed by atoms with Crippen molar-refractivity contribution in [3.8, 4) is 0 Å². The molecular formula is C17H22FN5O2. The number of nitrogens with zero attached hydrogens (tertiary/aromatic N) is 3.